The van der Waals surface area contributed by atoms with Crippen molar-refractivity contribution in [2.75, 3.05) is 12.8 Å². The average Bonchev–Trinajstić information content (AvgIpc) is 2.71. The molecule has 1 amide bonds. The maximum Gasteiger partial charge on any atom is 0.255 e. The van der Waals surface area contributed by atoms with Crippen LogP contribution in [0.1, 0.15) is 21.5 Å². The normalized spacial score (nSPS) is 10.3. The number of carbonyl (C=O) groups excluding carboxylic acids is 1. The second-order valence-corrected chi connectivity index (χ2v) is 5.90. The highest BCUT2D eigenvalue weighted by atomic mass is 16.5. The van der Waals surface area contributed by atoms with E-state index in [0.29, 0.717) is 18.7 Å². The summed E-state index contributed by atoms with van der Waals surface area (Å²) in [5, 5.41) is 2.83. The Morgan fingerprint density at radius 3 is 2.59 bits per heavy atom. The fraction of sp³-hybridized carbons (Fsp3) is 0.143. The van der Waals surface area contributed by atoms with E-state index in [4.69, 9.17) is 15.2 Å². The molecule has 0 spiro atoms. The zero-order valence-corrected chi connectivity index (χ0v) is 15.0. The summed E-state index contributed by atoms with van der Waals surface area (Å²) in [7, 11) is 1.64. The van der Waals surface area contributed by atoms with Gasteiger partial charge < -0.3 is 20.5 Å². The maximum atomic E-state index is 12.2. The van der Waals surface area contributed by atoms with Gasteiger partial charge in [-0.25, -0.2) is 4.98 Å². The van der Waals surface area contributed by atoms with Crippen LogP contribution in [0.4, 0.5) is 5.82 Å². The summed E-state index contributed by atoms with van der Waals surface area (Å²) in [5.41, 5.74) is 8.07. The first-order chi connectivity index (χ1) is 13.2. The van der Waals surface area contributed by atoms with Crippen LogP contribution in [0.25, 0.3) is 0 Å². The van der Waals surface area contributed by atoms with Gasteiger partial charge in [-0.2, -0.15) is 0 Å². The highest BCUT2D eigenvalue weighted by Gasteiger charge is 2.09. The Morgan fingerprint density at radius 1 is 1.04 bits per heavy atom. The Labute approximate surface area is 158 Å². The van der Waals surface area contributed by atoms with E-state index in [9.17, 15) is 4.79 Å². The van der Waals surface area contributed by atoms with E-state index in [1.807, 2.05) is 48.5 Å². The van der Waals surface area contributed by atoms with Crippen LogP contribution in [0.2, 0.25) is 0 Å². The molecule has 0 saturated heterocycles. The number of amides is 1. The van der Waals surface area contributed by atoms with Gasteiger partial charge in [0.1, 0.15) is 23.9 Å². The van der Waals surface area contributed by atoms with Gasteiger partial charge in [0.15, 0.2) is 0 Å². The molecule has 2 aromatic carbocycles. The van der Waals surface area contributed by atoms with Crippen LogP contribution in [0.3, 0.4) is 0 Å². The highest BCUT2D eigenvalue weighted by molar-refractivity contribution is 5.98. The fourth-order valence-electron chi connectivity index (χ4n) is 2.52. The summed E-state index contributed by atoms with van der Waals surface area (Å²) in [5.74, 6) is 1.52. The van der Waals surface area contributed by atoms with Crippen LogP contribution in [0.15, 0.2) is 66.9 Å². The van der Waals surface area contributed by atoms with E-state index in [-0.39, 0.29) is 11.7 Å². The van der Waals surface area contributed by atoms with Crippen LogP contribution >= 0.6 is 0 Å². The second-order valence-electron chi connectivity index (χ2n) is 5.90. The largest absolute Gasteiger partial charge is 0.497 e. The SMILES string of the molecule is COc1cccc(COc2ccc(CNC(=O)c3cccnc3N)cc2)c1. The lowest BCUT2D eigenvalue weighted by atomic mass is 10.2. The van der Waals surface area contributed by atoms with Gasteiger partial charge in [-0.3, -0.25) is 4.79 Å². The Morgan fingerprint density at radius 2 is 1.85 bits per heavy atom. The Balaban J connectivity index is 1.52. The quantitative estimate of drug-likeness (QED) is 0.673. The lowest BCUT2D eigenvalue weighted by Gasteiger charge is -2.09. The third-order valence-electron chi connectivity index (χ3n) is 4.00. The van der Waals surface area contributed by atoms with Crippen molar-refractivity contribution in [1.29, 1.82) is 0 Å². The average molecular weight is 363 g/mol. The van der Waals surface area contributed by atoms with Gasteiger partial charge in [0.25, 0.3) is 5.91 Å². The molecule has 0 atom stereocenters. The number of pyridine rings is 1. The fourth-order valence-corrected chi connectivity index (χ4v) is 2.52. The van der Waals surface area contributed by atoms with Crippen molar-refractivity contribution in [3.63, 3.8) is 0 Å². The van der Waals surface area contributed by atoms with Gasteiger partial charge in [0.05, 0.1) is 12.7 Å². The molecule has 3 rings (SSSR count). The predicted molar refractivity (Wildman–Crippen MR) is 104 cm³/mol. The number of rotatable bonds is 7. The minimum atomic E-state index is -0.251. The number of hydrogen-bond acceptors (Lipinski definition) is 5. The van der Waals surface area contributed by atoms with Gasteiger partial charge in [-0.05, 0) is 47.5 Å². The van der Waals surface area contributed by atoms with Gasteiger partial charge in [0.2, 0.25) is 0 Å². The number of ether oxygens (including phenoxy) is 2. The molecular weight excluding hydrogens is 342 g/mol. The third kappa shape index (κ3) is 4.98. The smallest absolute Gasteiger partial charge is 0.255 e. The molecule has 0 fully saturated rings. The van der Waals surface area contributed by atoms with E-state index in [1.54, 1.807) is 25.4 Å². The third-order valence-corrected chi connectivity index (χ3v) is 4.00. The van der Waals surface area contributed by atoms with Crippen molar-refractivity contribution in [3.05, 3.63) is 83.6 Å². The number of nitrogen functional groups attached to an aromatic ring is 1. The summed E-state index contributed by atoms with van der Waals surface area (Å²) in [4.78, 5) is 16.1. The van der Waals surface area contributed by atoms with Gasteiger partial charge in [-0.15, -0.1) is 0 Å². The molecule has 3 aromatic rings. The van der Waals surface area contributed by atoms with Crippen LogP contribution in [0.5, 0.6) is 11.5 Å². The monoisotopic (exact) mass is 363 g/mol. The Bertz CT molecular complexity index is 911. The maximum absolute atomic E-state index is 12.2. The standard InChI is InChI=1S/C21H21N3O3/c1-26-18-5-2-4-16(12-18)14-27-17-9-7-15(8-10-17)13-24-21(25)19-6-3-11-23-20(19)22/h2-12H,13-14H2,1H3,(H2,22,23)(H,24,25). The topological polar surface area (TPSA) is 86.5 Å². The number of nitrogens with two attached hydrogens (primary N) is 1. The molecule has 0 bridgehead atoms. The summed E-state index contributed by atoms with van der Waals surface area (Å²) in [6.45, 7) is 0.844. The molecule has 27 heavy (non-hydrogen) atoms. The van der Waals surface area contributed by atoms with Crippen LogP contribution in [0, 0.1) is 0 Å². The number of carbonyl (C=O) groups is 1. The molecule has 1 aromatic heterocycles. The van der Waals surface area contributed by atoms with Crippen molar-refractivity contribution in [1.82, 2.24) is 10.3 Å². The zero-order chi connectivity index (χ0) is 19.1. The first-order valence-electron chi connectivity index (χ1n) is 8.49. The molecule has 138 valence electrons. The van der Waals surface area contributed by atoms with Crippen molar-refractivity contribution in [2.24, 2.45) is 0 Å². The second kappa shape index (κ2) is 8.71. The van der Waals surface area contributed by atoms with Crippen molar-refractivity contribution in [2.45, 2.75) is 13.2 Å². The number of hydrogen-bond donors (Lipinski definition) is 2. The number of nitrogens with zero attached hydrogens (tertiary/aromatic N) is 1. The van der Waals surface area contributed by atoms with Crippen LogP contribution in [-0.2, 0) is 13.2 Å². The van der Waals surface area contributed by atoms with Gasteiger partial charge >= 0.3 is 0 Å². The molecule has 0 aliphatic rings. The molecule has 0 aliphatic heterocycles. The number of aromatic nitrogens is 1. The van der Waals surface area contributed by atoms with Crippen LogP contribution < -0.4 is 20.5 Å². The Hall–Kier alpha value is -3.54. The van der Waals surface area contributed by atoms with E-state index < -0.39 is 0 Å². The first kappa shape index (κ1) is 18.3. The Kier molecular flexibility index (Phi) is 5.89. The molecule has 6 heteroatoms. The van der Waals surface area contributed by atoms with Gasteiger partial charge in [-0.1, -0.05) is 24.3 Å². The molecule has 0 radical (unpaired) electrons. The summed E-state index contributed by atoms with van der Waals surface area (Å²) in [6, 6.07) is 18.6. The summed E-state index contributed by atoms with van der Waals surface area (Å²) >= 11 is 0. The van der Waals surface area contributed by atoms with Gasteiger partial charge in [0, 0.05) is 12.7 Å². The summed E-state index contributed by atoms with van der Waals surface area (Å²) in [6.07, 6.45) is 1.55. The molecule has 1 heterocycles. The van der Waals surface area contributed by atoms with Crippen LogP contribution in [-0.4, -0.2) is 18.0 Å². The molecule has 6 nitrogen and oxygen atoms in total. The number of anilines is 1. The molecule has 0 saturated carbocycles. The lowest BCUT2D eigenvalue weighted by Crippen LogP contribution is -2.24. The zero-order valence-electron chi connectivity index (χ0n) is 15.0. The number of nitrogens with one attached hydrogen (secondary N) is 1. The van der Waals surface area contributed by atoms with E-state index in [1.165, 1.54) is 0 Å². The highest BCUT2D eigenvalue weighted by Crippen LogP contribution is 2.17. The van der Waals surface area contributed by atoms with E-state index in [2.05, 4.69) is 10.3 Å². The number of methoxy groups -OCH3 is 1. The van der Waals surface area contributed by atoms with Crippen molar-refractivity contribution in [3.8, 4) is 11.5 Å². The lowest BCUT2D eigenvalue weighted by molar-refractivity contribution is 0.0951. The molecule has 3 N–H and O–H groups in total. The minimum absolute atomic E-state index is 0.219. The molecular formula is C21H21N3O3. The predicted octanol–water partition coefficient (Wildman–Crippen LogP) is 3.18. The summed E-state index contributed by atoms with van der Waals surface area (Å²) < 4.78 is 11.0. The first-order valence-corrected chi connectivity index (χ1v) is 8.49. The van der Waals surface area contributed by atoms with E-state index >= 15 is 0 Å². The van der Waals surface area contributed by atoms with E-state index in [0.717, 1.165) is 22.6 Å². The van der Waals surface area contributed by atoms with Crippen molar-refractivity contribution < 1.29 is 14.3 Å². The number of benzene rings is 2. The minimum Gasteiger partial charge on any atom is -0.497 e. The molecule has 0 unspecified atom stereocenters. The molecule has 0 aliphatic carbocycles. The van der Waals surface area contributed by atoms with Crippen molar-refractivity contribution >= 4 is 11.7 Å².